The summed E-state index contributed by atoms with van der Waals surface area (Å²) in [5, 5.41) is 12.6. The Morgan fingerprint density at radius 2 is 2.16 bits per heavy atom. The lowest BCUT2D eigenvalue weighted by Crippen LogP contribution is -2.42. The quantitative estimate of drug-likeness (QED) is 0.720. The number of rotatable bonds is 8. The Kier molecular flexibility index (Phi) is 6.69. The lowest BCUT2D eigenvalue weighted by Gasteiger charge is -2.29. The predicted molar refractivity (Wildman–Crippen MR) is 82.0 cm³/mol. The summed E-state index contributed by atoms with van der Waals surface area (Å²) in [6.07, 6.45) is 3.81. The zero-order chi connectivity index (χ0) is 14.3. The molecule has 0 spiro atoms. The molecule has 19 heavy (non-hydrogen) atoms. The van der Waals surface area contributed by atoms with Crippen LogP contribution in [0.4, 0.5) is 0 Å². The Balaban J connectivity index is 2.72. The molecular formula is C15H25NO2S. The van der Waals surface area contributed by atoms with Gasteiger partial charge in [0.2, 0.25) is 0 Å². The first-order valence-corrected chi connectivity index (χ1v) is 7.88. The van der Waals surface area contributed by atoms with Crippen molar-refractivity contribution in [1.29, 1.82) is 0 Å². The molecule has 1 aromatic carbocycles. The second kappa shape index (κ2) is 7.78. The third-order valence-corrected chi connectivity index (χ3v) is 4.39. The first-order valence-electron chi connectivity index (χ1n) is 6.65. The molecule has 0 saturated heterocycles. The van der Waals surface area contributed by atoms with Crippen molar-refractivity contribution in [3.05, 3.63) is 23.8 Å². The van der Waals surface area contributed by atoms with Crippen molar-refractivity contribution in [2.75, 3.05) is 20.0 Å². The Bertz CT molecular complexity index is 398. The lowest BCUT2D eigenvalue weighted by molar-refractivity contribution is 0.214. The number of benzene rings is 1. The van der Waals surface area contributed by atoms with Gasteiger partial charge in [-0.15, -0.1) is 11.8 Å². The first kappa shape index (κ1) is 16.3. The molecule has 108 valence electrons. The van der Waals surface area contributed by atoms with Gasteiger partial charge < -0.3 is 15.2 Å². The van der Waals surface area contributed by atoms with E-state index in [1.165, 1.54) is 5.56 Å². The molecule has 0 aromatic heterocycles. The van der Waals surface area contributed by atoms with E-state index in [2.05, 4.69) is 37.4 Å². The molecule has 2 N–H and O–H groups in total. The van der Waals surface area contributed by atoms with Gasteiger partial charge in [-0.25, -0.2) is 0 Å². The molecule has 0 fully saturated rings. The topological polar surface area (TPSA) is 41.5 Å². The summed E-state index contributed by atoms with van der Waals surface area (Å²) in [6, 6.07) is 6.29. The van der Waals surface area contributed by atoms with Crippen molar-refractivity contribution in [1.82, 2.24) is 5.32 Å². The van der Waals surface area contributed by atoms with E-state index in [4.69, 9.17) is 9.84 Å². The summed E-state index contributed by atoms with van der Waals surface area (Å²) in [6.45, 7) is 5.29. The molecule has 1 unspecified atom stereocenters. The van der Waals surface area contributed by atoms with Crippen molar-refractivity contribution in [2.24, 2.45) is 0 Å². The van der Waals surface area contributed by atoms with E-state index < -0.39 is 0 Å². The van der Waals surface area contributed by atoms with Gasteiger partial charge in [0.25, 0.3) is 0 Å². The molecule has 0 amide bonds. The molecule has 0 saturated carbocycles. The minimum Gasteiger partial charge on any atom is -0.496 e. The second-order valence-corrected chi connectivity index (χ2v) is 5.78. The highest BCUT2D eigenvalue weighted by atomic mass is 32.2. The van der Waals surface area contributed by atoms with Crippen LogP contribution in [-0.2, 0) is 6.54 Å². The van der Waals surface area contributed by atoms with Gasteiger partial charge in [-0.1, -0.05) is 13.0 Å². The van der Waals surface area contributed by atoms with Crippen LogP contribution >= 0.6 is 11.8 Å². The highest BCUT2D eigenvalue weighted by Crippen LogP contribution is 2.28. The summed E-state index contributed by atoms with van der Waals surface area (Å²) >= 11 is 1.69. The van der Waals surface area contributed by atoms with E-state index in [-0.39, 0.29) is 12.1 Å². The van der Waals surface area contributed by atoms with Crippen LogP contribution in [0.15, 0.2) is 23.1 Å². The zero-order valence-electron chi connectivity index (χ0n) is 12.3. The lowest BCUT2D eigenvalue weighted by atomic mass is 9.94. The van der Waals surface area contributed by atoms with E-state index in [0.717, 1.165) is 30.0 Å². The molecule has 1 rings (SSSR count). The van der Waals surface area contributed by atoms with Gasteiger partial charge in [0.05, 0.1) is 7.11 Å². The Hall–Kier alpha value is -0.710. The van der Waals surface area contributed by atoms with Gasteiger partial charge in [0, 0.05) is 23.6 Å². The van der Waals surface area contributed by atoms with Crippen LogP contribution in [0.25, 0.3) is 0 Å². The maximum Gasteiger partial charge on any atom is 0.132 e. The van der Waals surface area contributed by atoms with Crippen molar-refractivity contribution in [3.63, 3.8) is 0 Å². The maximum absolute atomic E-state index is 9.12. The van der Waals surface area contributed by atoms with Crippen LogP contribution in [0, 0.1) is 0 Å². The number of nitrogens with one attached hydrogen (secondary N) is 1. The Morgan fingerprint density at radius 1 is 1.42 bits per heavy atom. The minimum atomic E-state index is -0.0137. The summed E-state index contributed by atoms with van der Waals surface area (Å²) < 4.78 is 5.39. The summed E-state index contributed by atoms with van der Waals surface area (Å²) in [4.78, 5) is 1.15. The fourth-order valence-corrected chi connectivity index (χ4v) is 2.49. The molecule has 0 aliphatic carbocycles. The minimum absolute atomic E-state index is 0.0137. The molecule has 1 atom stereocenters. The first-order chi connectivity index (χ1) is 9.08. The van der Waals surface area contributed by atoms with Gasteiger partial charge in [-0.3, -0.25) is 0 Å². The molecule has 0 radical (unpaired) electrons. The summed E-state index contributed by atoms with van der Waals surface area (Å²) in [7, 11) is 1.70. The molecule has 3 nitrogen and oxygen atoms in total. The number of aliphatic hydroxyl groups is 1. The second-order valence-electron chi connectivity index (χ2n) is 4.93. The average molecular weight is 283 g/mol. The number of aliphatic hydroxyl groups excluding tert-OH is 1. The largest absolute Gasteiger partial charge is 0.496 e. The van der Waals surface area contributed by atoms with Crippen LogP contribution in [0.1, 0.15) is 32.3 Å². The number of hydrogen-bond acceptors (Lipinski definition) is 4. The van der Waals surface area contributed by atoms with Crippen LogP contribution in [-0.4, -0.2) is 30.6 Å². The average Bonchev–Trinajstić information content (AvgIpc) is 2.45. The highest BCUT2D eigenvalue weighted by molar-refractivity contribution is 7.98. The number of thioether (sulfide) groups is 1. The Morgan fingerprint density at radius 3 is 2.68 bits per heavy atom. The van der Waals surface area contributed by atoms with Crippen LogP contribution in [0.5, 0.6) is 5.75 Å². The molecule has 0 aliphatic heterocycles. The third kappa shape index (κ3) is 4.71. The molecule has 0 heterocycles. The third-order valence-electron chi connectivity index (χ3n) is 3.61. The standard InChI is InChI=1S/C15H25NO2S/c1-5-15(2,8-9-17)16-11-12-6-7-14(19-4)13(10-12)18-3/h6-7,10,16-17H,5,8-9,11H2,1-4H3. The van der Waals surface area contributed by atoms with E-state index in [0.29, 0.717) is 0 Å². The fourth-order valence-electron chi connectivity index (χ4n) is 1.94. The molecule has 0 bridgehead atoms. The van der Waals surface area contributed by atoms with Crippen LogP contribution < -0.4 is 10.1 Å². The van der Waals surface area contributed by atoms with Gasteiger partial charge in [-0.05, 0) is 43.7 Å². The molecule has 0 aliphatic rings. The summed E-state index contributed by atoms with van der Waals surface area (Å²) in [5.74, 6) is 0.923. The maximum atomic E-state index is 9.12. The zero-order valence-corrected chi connectivity index (χ0v) is 13.1. The van der Waals surface area contributed by atoms with E-state index in [9.17, 15) is 0 Å². The smallest absolute Gasteiger partial charge is 0.132 e. The molecule has 1 aromatic rings. The Labute approximate surface area is 120 Å². The van der Waals surface area contributed by atoms with E-state index in [1.807, 2.05) is 6.26 Å². The highest BCUT2D eigenvalue weighted by Gasteiger charge is 2.20. The van der Waals surface area contributed by atoms with Crippen molar-refractivity contribution >= 4 is 11.8 Å². The van der Waals surface area contributed by atoms with Crippen LogP contribution in [0.2, 0.25) is 0 Å². The van der Waals surface area contributed by atoms with Crippen LogP contribution in [0.3, 0.4) is 0 Å². The molecular weight excluding hydrogens is 258 g/mol. The van der Waals surface area contributed by atoms with Crippen molar-refractivity contribution < 1.29 is 9.84 Å². The SMILES string of the molecule is CCC(C)(CCO)NCc1ccc(SC)c(OC)c1. The summed E-state index contributed by atoms with van der Waals surface area (Å²) in [5.41, 5.74) is 1.19. The van der Waals surface area contributed by atoms with Gasteiger partial charge in [0.1, 0.15) is 5.75 Å². The molecule has 4 heteroatoms. The number of ether oxygens (including phenoxy) is 1. The predicted octanol–water partition coefficient (Wildman–Crippen LogP) is 3.06. The van der Waals surface area contributed by atoms with Gasteiger partial charge >= 0.3 is 0 Å². The van der Waals surface area contributed by atoms with Gasteiger partial charge in [0.15, 0.2) is 0 Å². The van der Waals surface area contributed by atoms with Gasteiger partial charge in [-0.2, -0.15) is 0 Å². The fraction of sp³-hybridized carbons (Fsp3) is 0.600. The van der Waals surface area contributed by atoms with Crippen molar-refractivity contribution in [2.45, 2.75) is 43.7 Å². The monoisotopic (exact) mass is 283 g/mol. The normalized spacial score (nSPS) is 14.2. The van der Waals surface area contributed by atoms with E-state index >= 15 is 0 Å². The van der Waals surface area contributed by atoms with E-state index in [1.54, 1.807) is 18.9 Å². The van der Waals surface area contributed by atoms with Crippen molar-refractivity contribution in [3.8, 4) is 5.75 Å². The number of methoxy groups -OCH3 is 1. The number of hydrogen-bond donors (Lipinski definition) is 2.